The van der Waals surface area contributed by atoms with Crippen LogP contribution in [-0.4, -0.2) is 18.9 Å². The van der Waals surface area contributed by atoms with Crippen LogP contribution < -0.4 is 0 Å². The van der Waals surface area contributed by atoms with E-state index in [1.807, 2.05) is 0 Å². The Morgan fingerprint density at radius 2 is 2.12 bits per heavy atom. The summed E-state index contributed by atoms with van der Waals surface area (Å²) in [6.45, 7) is 6.06. The molecule has 3 heteroatoms. The SMILES string of the molecule is C=C1CC[C@@H]2[C@@H](C)CCC(=O)[C@]12C(=O)OC. The first-order valence-electron chi connectivity index (χ1n) is 5.85. The van der Waals surface area contributed by atoms with E-state index in [-0.39, 0.29) is 11.7 Å². The number of ketones is 1. The lowest BCUT2D eigenvalue weighted by molar-refractivity contribution is -0.161. The maximum atomic E-state index is 12.2. The first kappa shape index (κ1) is 11.4. The molecule has 0 aromatic rings. The Hall–Kier alpha value is -1.12. The van der Waals surface area contributed by atoms with Crippen molar-refractivity contribution in [1.29, 1.82) is 0 Å². The summed E-state index contributed by atoms with van der Waals surface area (Å²) in [5.41, 5.74) is -0.243. The molecule has 2 rings (SSSR count). The van der Waals surface area contributed by atoms with Gasteiger partial charge in [0.1, 0.15) is 5.41 Å². The molecule has 0 heterocycles. The molecule has 2 saturated carbocycles. The fourth-order valence-electron chi connectivity index (χ4n) is 3.45. The largest absolute Gasteiger partial charge is 0.468 e. The van der Waals surface area contributed by atoms with E-state index in [4.69, 9.17) is 4.74 Å². The number of fused-ring (bicyclic) bond motifs is 1. The quantitative estimate of drug-likeness (QED) is 0.388. The maximum Gasteiger partial charge on any atom is 0.323 e. The molecule has 2 aliphatic rings. The average Bonchev–Trinajstić information content (AvgIpc) is 2.63. The Morgan fingerprint density at radius 3 is 2.75 bits per heavy atom. The molecule has 0 saturated heterocycles. The minimum Gasteiger partial charge on any atom is -0.468 e. The normalized spacial score (nSPS) is 38.4. The number of methoxy groups -OCH3 is 1. The summed E-state index contributed by atoms with van der Waals surface area (Å²) in [6, 6.07) is 0. The van der Waals surface area contributed by atoms with Gasteiger partial charge in [-0.25, -0.2) is 0 Å². The summed E-state index contributed by atoms with van der Waals surface area (Å²) in [5.74, 6) is 0.131. The van der Waals surface area contributed by atoms with Crippen molar-refractivity contribution in [2.24, 2.45) is 17.3 Å². The lowest BCUT2D eigenvalue weighted by Crippen LogP contribution is -2.49. The van der Waals surface area contributed by atoms with Gasteiger partial charge in [0, 0.05) is 6.42 Å². The topological polar surface area (TPSA) is 43.4 Å². The van der Waals surface area contributed by atoms with Crippen LogP contribution in [0.15, 0.2) is 12.2 Å². The first-order chi connectivity index (χ1) is 7.55. The lowest BCUT2D eigenvalue weighted by atomic mass is 9.62. The first-order valence-corrected chi connectivity index (χ1v) is 5.85. The Labute approximate surface area is 95.9 Å². The van der Waals surface area contributed by atoms with E-state index in [1.165, 1.54) is 7.11 Å². The third-order valence-electron chi connectivity index (χ3n) is 4.33. The van der Waals surface area contributed by atoms with Crippen LogP contribution in [0.5, 0.6) is 0 Å². The molecule has 3 atom stereocenters. The van der Waals surface area contributed by atoms with E-state index in [0.717, 1.165) is 24.8 Å². The molecule has 0 bridgehead atoms. The summed E-state index contributed by atoms with van der Waals surface area (Å²) >= 11 is 0. The minimum absolute atomic E-state index is 0.0185. The number of Topliss-reactive ketones (excluding diaryl/α,β-unsaturated/α-hetero) is 1. The maximum absolute atomic E-state index is 12.2. The van der Waals surface area contributed by atoms with Crippen LogP contribution in [0, 0.1) is 17.3 Å². The zero-order chi connectivity index (χ0) is 11.9. The van der Waals surface area contributed by atoms with Gasteiger partial charge in [-0.1, -0.05) is 19.1 Å². The number of carbonyl (C=O) groups is 2. The van der Waals surface area contributed by atoms with Gasteiger partial charge in [-0.05, 0) is 31.1 Å². The number of ether oxygens (including phenoxy) is 1. The van der Waals surface area contributed by atoms with Crippen molar-refractivity contribution in [2.75, 3.05) is 7.11 Å². The molecule has 0 aromatic heterocycles. The Balaban J connectivity index is 2.50. The van der Waals surface area contributed by atoms with Crippen LogP contribution in [0.4, 0.5) is 0 Å². The van der Waals surface area contributed by atoms with Gasteiger partial charge in [0.2, 0.25) is 0 Å². The molecule has 3 nitrogen and oxygen atoms in total. The Bertz CT molecular complexity index is 348. The zero-order valence-electron chi connectivity index (χ0n) is 9.91. The van der Waals surface area contributed by atoms with E-state index in [9.17, 15) is 9.59 Å². The molecule has 0 N–H and O–H groups in total. The van der Waals surface area contributed by atoms with Crippen molar-refractivity contribution in [3.05, 3.63) is 12.2 Å². The van der Waals surface area contributed by atoms with Gasteiger partial charge < -0.3 is 4.74 Å². The fourth-order valence-corrected chi connectivity index (χ4v) is 3.45. The summed E-state index contributed by atoms with van der Waals surface area (Å²) in [7, 11) is 1.35. The van der Waals surface area contributed by atoms with E-state index in [2.05, 4.69) is 13.5 Å². The van der Waals surface area contributed by atoms with Gasteiger partial charge in [-0.3, -0.25) is 9.59 Å². The van der Waals surface area contributed by atoms with E-state index in [1.54, 1.807) is 0 Å². The molecular weight excluding hydrogens is 204 g/mol. The van der Waals surface area contributed by atoms with Crippen LogP contribution in [0.2, 0.25) is 0 Å². The van der Waals surface area contributed by atoms with Crippen molar-refractivity contribution < 1.29 is 14.3 Å². The molecule has 16 heavy (non-hydrogen) atoms. The minimum atomic E-state index is -1.01. The Morgan fingerprint density at radius 1 is 1.44 bits per heavy atom. The number of carbonyl (C=O) groups excluding carboxylic acids is 2. The van der Waals surface area contributed by atoms with Crippen molar-refractivity contribution in [1.82, 2.24) is 0 Å². The van der Waals surface area contributed by atoms with E-state index < -0.39 is 11.4 Å². The standard InChI is InChI=1S/C13H18O3/c1-8-4-7-11(14)13(12(15)16-3)9(2)5-6-10(8)13/h8,10H,2,4-7H2,1,3H3/t8-,10+,13-/m0/s1. The zero-order valence-corrected chi connectivity index (χ0v) is 9.91. The van der Waals surface area contributed by atoms with E-state index in [0.29, 0.717) is 12.3 Å². The number of hydrogen-bond donors (Lipinski definition) is 0. The van der Waals surface area contributed by atoms with E-state index >= 15 is 0 Å². The lowest BCUT2D eigenvalue weighted by Gasteiger charge is -2.39. The third kappa shape index (κ3) is 1.20. The average molecular weight is 222 g/mol. The van der Waals surface area contributed by atoms with Crippen LogP contribution in [0.25, 0.3) is 0 Å². The molecule has 0 spiro atoms. The van der Waals surface area contributed by atoms with Gasteiger partial charge >= 0.3 is 5.97 Å². The number of rotatable bonds is 1. The summed E-state index contributed by atoms with van der Waals surface area (Å²) in [6.07, 6.45) is 3.03. The fraction of sp³-hybridized carbons (Fsp3) is 0.692. The van der Waals surface area contributed by atoms with Crippen LogP contribution in [-0.2, 0) is 14.3 Å². The van der Waals surface area contributed by atoms with Crippen molar-refractivity contribution in [3.63, 3.8) is 0 Å². The Kier molecular flexibility index (Phi) is 2.64. The van der Waals surface area contributed by atoms with Crippen LogP contribution in [0.3, 0.4) is 0 Å². The highest BCUT2D eigenvalue weighted by molar-refractivity contribution is 6.08. The van der Waals surface area contributed by atoms with Crippen LogP contribution >= 0.6 is 0 Å². The second-order valence-corrected chi connectivity index (χ2v) is 4.99. The molecular formula is C13H18O3. The van der Waals surface area contributed by atoms with Gasteiger partial charge in [0.05, 0.1) is 7.11 Å². The molecule has 0 radical (unpaired) electrons. The molecule has 0 unspecified atom stereocenters. The van der Waals surface area contributed by atoms with Gasteiger partial charge in [0.25, 0.3) is 0 Å². The molecule has 2 fully saturated rings. The molecule has 2 aliphatic carbocycles. The monoisotopic (exact) mass is 222 g/mol. The summed E-state index contributed by atoms with van der Waals surface area (Å²) < 4.78 is 4.86. The van der Waals surface area contributed by atoms with Crippen molar-refractivity contribution in [2.45, 2.75) is 32.6 Å². The van der Waals surface area contributed by atoms with Gasteiger partial charge in [-0.15, -0.1) is 0 Å². The van der Waals surface area contributed by atoms with Crippen molar-refractivity contribution >= 4 is 11.8 Å². The molecule has 0 amide bonds. The smallest absolute Gasteiger partial charge is 0.323 e. The number of esters is 1. The van der Waals surface area contributed by atoms with Crippen molar-refractivity contribution in [3.8, 4) is 0 Å². The van der Waals surface area contributed by atoms with Crippen LogP contribution in [0.1, 0.15) is 32.6 Å². The predicted octanol–water partition coefficient (Wildman–Crippen LogP) is 2.11. The van der Waals surface area contributed by atoms with Gasteiger partial charge in [-0.2, -0.15) is 0 Å². The highest BCUT2D eigenvalue weighted by atomic mass is 16.5. The number of hydrogen-bond acceptors (Lipinski definition) is 3. The molecule has 0 aromatic carbocycles. The summed E-state index contributed by atoms with van der Waals surface area (Å²) in [5, 5.41) is 0. The molecule has 0 aliphatic heterocycles. The third-order valence-corrected chi connectivity index (χ3v) is 4.33. The van der Waals surface area contributed by atoms with Gasteiger partial charge in [0.15, 0.2) is 5.78 Å². The second-order valence-electron chi connectivity index (χ2n) is 4.99. The second kappa shape index (κ2) is 3.72. The summed E-state index contributed by atoms with van der Waals surface area (Å²) in [4.78, 5) is 24.2. The molecule has 88 valence electrons. The highest BCUT2D eigenvalue weighted by Gasteiger charge is 2.60. The predicted molar refractivity (Wildman–Crippen MR) is 59.7 cm³/mol. The highest BCUT2D eigenvalue weighted by Crippen LogP contribution is 2.55.